The summed E-state index contributed by atoms with van der Waals surface area (Å²) in [4.78, 5) is 10.9. The SMILES string of the molecule is CC(C)NCc1cncc(N(C)c2ccccc2)n1. The molecule has 4 nitrogen and oxygen atoms in total. The van der Waals surface area contributed by atoms with E-state index in [1.165, 1.54) is 0 Å². The van der Waals surface area contributed by atoms with Gasteiger partial charge in [0.25, 0.3) is 0 Å². The summed E-state index contributed by atoms with van der Waals surface area (Å²) >= 11 is 0. The van der Waals surface area contributed by atoms with E-state index >= 15 is 0 Å². The molecule has 19 heavy (non-hydrogen) atoms. The third kappa shape index (κ3) is 3.76. The van der Waals surface area contributed by atoms with Crippen LogP contribution in [-0.2, 0) is 6.54 Å². The molecule has 0 saturated heterocycles. The summed E-state index contributed by atoms with van der Waals surface area (Å²) in [7, 11) is 2.00. The van der Waals surface area contributed by atoms with Crippen molar-refractivity contribution < 1.29 is 0 Å². The molecule has 0 radical (unpaired) electrons. The van der Waals surface area contributed by atoms with Gasteiger partial charge in [0.05, 0.1) is 11.9 Å². The standard InChI is InChI=1S/C15H20N4/c1-12(2)17-10-13-9-16-11-15(18-13)19(3)14-7-5-4-6-8-14/h4-9,11-12,17H,10H2,1-3H3. The molecule has 1 aromatic carbocycles. The quantitative estimate of drug-likeness (QED) is 0.893. The molecule has 100 valence electrons. The average Bonchev–Trinajstić information content (AvgIpc) is 2.45. The van der Waals surface area contributed by atoms with Crippen LogP contribution in [0.15, 0.2) is 42.7 Å². The Bertz CT molecular complexity index is 511. The van der Waals surface area contributed by atoms with E-state index < -0.39 is 0 Å². The van der Waals surface area contributed by atoms with E-state index in [0.29, 0.717) is 6.04 Å². The smallest absolute Gasteiger partial charge is 0.151 e. The average molecular weight is 256 g/mol. The Morgan fingerprint density at radius 3 is 2.58 bits per heavy atom. The summed E-state index contributed by atoms with van der Waals surface area (Å²) in [5.41, 5.74) is 2.06. The van der Waals surface area contributed by atoms with Crippen molar-refractivity contribution in [1.29, 1.82) is 0 Å². The molecule has 1 N–H and O–H groups in total. The van der Waals surface area contributed by atoms with E-state index in [0.717, 1.165) is 23.7 Å². The third-order valence-electron chi connectivity index (χ3n) is 2.85. The van der Waals surface area contributed by atoms with Crippen LogP contribution in [0.2, 0.25) is 0 Å². The molecule has 2 rings (SSSR count). The first-order valence-electron chi connectivity index (χ1n) is 6.50. The van der Waals surface area contributed by atoms with E-state index in [-0.39, 0.29) is 0 Å². The highest BCUT2D eigenvalue weighted by Gasteiger charge is 2.06. The van der Waals surface area contributed by atoms with Gasteiger partial charge >= 0.3 is 0 Å². The minimum atomic E-state index is 0.442. The first-order chi connectivity index (χ1) is 9.16. The molecule has 0 spiro atoms. The van der Waals surface area contributed by atoms with Gasteiger partial charge in [-0.3, -0.25) is 4.98 Å². The van der Waals surface area contributed by atoms with Crippen molar-refractivity contribution in [2.45, 2.75) is 26.4 Å². The second-order valence-corrected chi connectivity index (χ2v) is 4.80. The number of hydrogen-bond donors (Lipinski definition) is 1. The summed E-state index contributed by atoms with van der Waals surface area (Å²) in [6, 6.07) is 10.6. The Balaban J connectivity index is 2.14. The molecule has 0 aliphatic heterocycles. The minimum absolute atomic E-state index is 0.442. The topological polar surface area (TPSA) is 41.1 Å². The van der Waals surface area contributed by atoms with Crippen molar-refractivity contribution in [2.24, 2.45) is 0 Å². The molecule has 1 aromatic heterocycles. The highest BCUT2D eigenvalue weighted by Crippen LogP contribution is 2.20. The Labute approximate surface area is 114 Å². The maximum absolute atomic E-state index is 4.62. The van der Waals surface area contributed by atoms with Gasteiger partial charge in [0.2, 0.25) is 0 Å². The maximum atomic E-state index is 4.62. The Morgan fingerprint density at radius 1 is 1.16 bits per heavy atom. The second-order valence-electron chi connectivity index (χ2n) is 4.80. The highest BCUT2D eigenvalue weighted by molar-refractivity contribution is 5.57. The van der Waals surface area contributed by atoms with Crippen molar-refractivity contribution >= 4 is 11.5 Å². The molecular formula is C15H20N4. The zero-order chi connectivity index (χ0) is 13.7. The summed E-state index contributed by atoms with van der Waals surface area (Å²) in [6.45, 7) is 4.97. The summed E-state index contributed by atoms with van der Waals surface area (Å²) in [5, 5.41) is 3.35. The molecule has 0 aliphatic rings. The van der Waals surface area contributed by atoms with Gasteiger partial charge in [0.15, 0.2) is 5.82 Å². The van der Waals surface area contributed by atoms with E-state index in [4.69, 9.17) is 0 Å². The first kappa shape index (κ1) is 13.5. The third-order valence-corrected chi connectivity index (χ3v) is 2.85. The number of nitrogens with one attached hydrogen (secondary N) is 1. The molecule has 1 heterocycles. The van der Waals surface area contributed by atoms with Gasteiger partial charge in [-0.25, -0.2) is 4.98 Å². The van der Waals surface area contributed by atoms with Crippen molar-refractivity contribution in [3.05, 3.63) is 48.4 Å². The molecule has 0 atom stereocenters. The fraction of sp³-hybridized carbons (Fsp3) is 0.333. The van der Waals surface area contributed by atoms with Crippen molar-refractivity contribution in [1.82, 2.24) is 15.3 Å². The fourth-order valence-electron chi connectivity index (χ4n) is 1.73. The van der Waals surface area contributed by atoms with E-state index in [1.807, 2.05) is 30.1 Å². The number of para-hydroxylation sites is 1. The molecule has 2 aromatic rings. The summed E-state index contributed by atoms with van der Waals surface area (Å²) < 4.78 is 0. The van der Waals surface area contributed by atoms with E-state index in [1.54, 1.807) is 12.4 Å². The van der Waals surface area contributed by atoms with Crippen molar-refractivity contribution in [3.63, 3.8) is 0 Å². The van der Waals surface area contributed by atoms with Crippen LogP contribution in [0.4, 0.5) is 11.5 Å². The number of hydrogen-bond acceptors (Lipinski definition) is 4. The molecule has 4 heteroatoms. The zero-order valence-corrected chi connectivity index (χ0v) is 11.7. The van der Waals surface area contributed by atoms with Gasteiger partial charge in [-0.15, -0.1) is 0 Å². The Morgan fingerprint density at radius 2 is 1.89 bits per heavy atom. The Kier molecular flexibility index (Phi) is 4.47. The summed E-state index contributed by atoms with van der Waals surface area (Å²) in [5.74, 6) is 0.856. The number of benzene rings is 1. The lowest BCUT2D eigenvalue weighted by atomic mass is 10.3. The van der Waals surface area contributed by atoms with Gasteiger partial charge < -0.3 is 10.2 Å². The molecule has 0 unspecified atom stereocenters. The number of aromatic nitrogens is 2. The molecule has 0 aliphatic carbocycles. The van der Waals surface area contributed by atoms with Gasteiger partial charge in [-0.1, -0.05) is 32.0 Å². The molecule has 0 bridgehead atoms. The van der Waals surface area contributed by atoms with Crippen LogP contribution < -0.4 is 10.2 Å². The van der Waals surface area contributed by atoms with Crippen LogP contribution in [0.25, 0.3) is 0 Å². The maximum Gasteiger partial charge on any atom is 0.151 e. The van der Waals surface area contributed by atoms with Crippen molar-refractivity contribution in [3.8, 4) is 0 Å². The summed E-state index contributed by atoms with van der Waals surface area (Å²) in [6.07, 6.45) is 3.59. The minimum Gasteiger partial charge on any atom is -0.328 e. The van der Waals surface area contributed by atoms with Gasteiger partial charge in [-0.2, -0.15) is 0 Å². The van der Waals surface area contributed by atoms with Crippen LogP contribution in [0.1, 0.15) is 19.5 Å². The predicted octanol–water partition coefficient (Wildman–Crippen LogP) is 2.74. The van der Waals surface area contributed by atoms with E-state index in [2.05, 4.69) is 41.3 Å². The highest BCUT2D eigenvalue weighted by atomic mass is 15.2. The van der Waals surface area contributed by atoms with Gasteiger partial charge in [0, 0.05) is 31.5 Å². The molecule has 0 fully saturated rings. The number of rotatable bonds is 5. The lowest BCUT2D eigenvalue weighted by Gasteiger charge is -2.18. The zero-order valence-electron chi connectivity index (χ0n) is 11.7. The van der Waals surface area contributed by atoms with Crippen molar-refractivity contribution in [2.75, 3.05) is 11.9 Å². The van der Waals surface area contributed by atoms with E-state index in [9.17, 15) is 0 Å². The van der Waals surface area contributed by atoms with Gasteiger partial charge in [-0.05, 0) is 12.1 Å². The van der Waals surface area contributed by atoms with Gasteiger partial charge in [0.1, 0.15) is 0 Å². The first-order valence-corrected chi connectivity index (χ1v) is 6.50. The monoisotopic (exact) mass is 256 g/mol. The largest absolute Gasteiger partial charge is 0.328 e. The predicted molar refractivity (Wildman–Crippen MR) is 78.5 cm³/mol. The van der Waals surface area contributed by atoms with Crippen LogP contribution in [0.5, 0.6) is 0 Å². The second kappa shape index (κ2) is 6.29. The number of anilines is 2. The lowest BCUT2D eigenvalue weighted by molar-refractivity contribution is 0.580. The number of nitrogens with zero attached hydrogens (tertiary/aromatic N) is 3. The van der Waals surface area contributed by atoms with Crippen LogP contribution in [0.3, 0.4) is 0 Å². The Hall–Kier alpha value is -1.94. The fourth-order valence-corrected chi connectivity index (χ4v) is 1.73. The molecule has 0 saturated carbocycles. The van der Waals surface area contributed by atoms with Crippen LogP contribution >= 0.6 is 0 Å². The lowest BCUT2D eigenvalue weighted by Crippen LogP contribution is -2.23. The van der Waals surface area contributed by atoms with Crippen LogP contribution in [-0.4, -0.2) is 23.1 Å². The molecule has 0 amide bonds. The normalized spacial score (nSPS) is 10.7. The molecular weight excluding hydrogens is 236 g/mol. The van der Waals surface area contributed by atoms with Crippen LogP contribution in [0, 0.1) is 0 Å².